The summed E-state index contributed by atoms with van der Waals surface area (Å²) in [5.74, 6) is 0. The SMILES string of the molecule is c1ccc2c(c1)sc1c(-c3ccc4cc(N(c5ccc(-c6ccc7cnccc7n6)cc5)c5ccc(-c6ccc7cnccc7n6)cc5)ccc4c3)ncnc12. The van der Waals surface area contributed by atoms with E-state index in [0.717, 1.165) is 93.6 Å². The van der Waals surface area contributed by atoms with Gasteiger partial charge in [-0.2, -0.15) is 0 Å². The highest BCUT2D eigenvalue weighted by molar-refractivity contribution is 7.26. The van der Waals surface area contributed by atoms with E-state index in [1.165, 1.54) is 10.1 Å². The van der Waals surface area contributed by atoms with Gasteiger partial charge in [0, 0.05) is 79.4 Å². The molecule has 262 valence electrons. The van der Waals surface area contributed by atoms with E-state index in [9.17, 15) is 0 Å². The normalized spacial score (nSPS) is 11.6. The number of hydrogen-bond donors (Lipinski definition) is 0. The van der Waals surface area contributed by atoms with Gasteiger partial charge in [-0.3, -0.25) is 9.97 Å². The first-order valence-corrected chi connectivity index (χ1v) is 19.1. The van der Waals surface area contributed by atoms with Gasteiger partial charge in [0.2, 0.25) is 0 Å². The molecule has 0 saturated carbocycles. The number of thiophene rings is 1. The van der Waals surface area contributed by atoms with E-state index in [1.54, 1.807) is 30.1 Å². The summed E-state index contributed by atoms with van der Waals surface area (Å²) in [6, 6.07) is 51.1. The van der Waals surface area contributed by atoms with E-state index in [0.29, 0.717) is 0 Å². The van der Waals surface area contributed by atoms with Crippen LogP contribution in [0, 0.1) is 0 Å². The van der Waals surface area contributed by atoms with Crippen LogP contribution >= 0.6 is 11.3 Å². The molecule has 0 N–H and O–H groups in total. The molecular formula is C48H29N7S. The quantitative estimate of drug-likeness (QED) is 0.168. The van der Waals surface area contributed by atoms with Gasteiger partial charge in [-0.1, -0.05) is 60.7 Å². The molecule has 0 aliphatic carbocycles. The van der Waals surface area contributed by atoms with Crippen molar-refractivity contribution < 1.29 is 0 Å². The average Bonchev–Trinajstić information content (AvgIpc) is 3.66. The summed E-state index contributed by atoms with van der Waals surface area (Å²) in [6.07, 6.45) is 8.93. The zero-order chi connectivity index (χ0) is 37.0. The molecule has 5 aromatic carbocycles. The zero-order valence-corrected chi connectivity index (χ0v) is 30.6. The molecule has 0 amide bonds. The van der Waals surface area contributed by atoms with Gasteiger partial charge in [0.1, 0.15) is 6.33 Å². The Morgan fingerprint density at radius 2 is 1.04 bits per heavy atom. The Bertz CT molecular complexity index is 3150. The van der Waals surface area contributed by atoms with Gasteiger partial charge in [-0.25, -0.2) is 19.9 Å². The van der Waals surface area contributed by atoms with Gasteiger partial charge in [0.25, 0.3) is 0 Å². The second kappa shape index (κ2) is 13.2. The van der Waals surface area contributed by atoms with Crippen molar-refractivity contribution in [1.29, 1.82) is 0 Å². The summed E-state index contributed by atoms with van der Waals surface area (Å²) in [5, 5.41) is 5.48. The fourth-order valence-corrected chi connectivity index (χ4v) is 8.68. The summed E-state index contributed by atoms with van der Waals surface area (Å²) >= 11 is 1.75. The van der Waals surface area contributed by atoms with Crippen LogP contribution < -0.4 is 4.90 Å². The van der Waals surface area contributed by atoms with Gasteiger partial charge in [0.15, 0.2) is 0 Å². The van der Waals surface area contributed by atoms with Crippen molar-refractivity contribution in [3.05, 3.63) is 177 Å². The Morgan fingerprint density at radius 1 is 0.464 bits per heavy atom. The molecule has 0 fully saturated rings. The summed E-state index contributed by atoms with van der Waals surface area (Å²) in [7, 11) is 0. The van der Waals surface area contributed by atoms with Gasteiger partial charge in [-0.15, -0.1) is 11.3 Å². The van der Waals surface area contributed by atoms with Crippen molar-refractivity contribution >= 4 is 81.3 Å². The molecular weight excluding hydrogens is 707 g/mol. The molecule has 0 unspecified atom stereocenters. The van der Waals surface area contributed by atoms with Crippen LogP contribution in [0.4, 0.5) is 17.1 Å². The second-order valence-corrected chi connectivity index (χ2v) is 14.8. The third-order valence-electron chi connectivity index (χ3n) is 10.3. The fraction of sp³-hybridized carbons (Fsp3) is 0. The summed E-state index contributed by atoms with van der Waals surface area (Å²) in [5.41, 5.74) is 11.9. The van der Waals surface area contributed by atoms with Crippen molar-refractivity contribution in [2.75, 3.05) is 4.90 Å². The molecule has 0 aliphatic rings. The lowest BCUT2D eigenvalue weighted by molar-refractivity contribution is 1.24. The third kappa shape index (κ3) is 5.59. The van der Waals surface area contributed by atoms with Crippen molar-refractivity contribution in [3.8, 4) is 33.8 Å². The molecule has 0 spiro atoms. The lowest BCUT2D eigenvalue weighted by atomic mass is 10.0. The maximum absolute atomic E-state index is 4.91. The van der Waals surface area contributed by atoms with E-state index >= 15 is 0 Å². The molecule has 56 heavy (non-hydrogen) atoms. The Hall–Kier alpha value is -7.42. The number of fused-ring (bicyclic) bond motifs is 6. The number of pyridine rings is 4. The highest BCUT2D eigenvalue weighted by Crippen LogP contribution is 2.41. The van der Waals surface area contributed by atoms with E-state index in [4.69, 9.17) is 15.0 Å². The first-order chi connectivity index (χ1) is 27.7. The van der Waals surface area contributed by atoms with Crippen molar-refractivity contribution in [2.24, 2.45) is 0 Å². The molecule has 6 heterocycles. The number of benzene rings is 5. The Balaban J connectivity index is 0.987. The minimum absolute atomic E-state index is 0.919. The van der Waals surface area contributed by atoms with Crippen molar-refractivity contribution in [2.45, 2.75) is 0 Å². The zero-order valence-electron chi connectivity index (χ0n) is 29.8. The van der Waals surface area contributed by atoms with Crippen molar-refractivity contribution in [1.82, 2.24) is 29.9 Å². The monoisotopic (exact) mass is 735 g/mol. The highest BCUT2D eigenvalue weighted by Gasteiger charge is 2.17. The summed E-state index contributed by atoms with van der Waals surface area (Å²) in [4.78, 5) is 30.0. The Labute approximate surface area is 325 Å². The van der Waals surface area contributed by atoms with Gasteiger partial charge >= 0.3 is 0 Å². The lowest BCUT2D eigenvalue weighted by Gasteiger charge is -2.26. The molecule has 6 aromatic heterocycles. The number of hydrogen-bond acceptors (Lipinski definition) is 8. The van der Waals surface area contributed by atoms with Gasteiger partial charge < -0.3 is 4.90 Å². The molecule has 0 radical (unpaired) electrons. The Kier molecular flexibility index (Phi) is 7.53. The largest absolute Gasteiger partial charge is 0.310 e. The van der Waals surface area contributed by atoms with Crippen molar-refractivity contribution in [3.63, 3.8) is 0 Å². The number of aromatic nitrogens is 6. The fourth-order valence-electron chi connectivity index (χ4n) is 7.51. The Morgan fingerprint density at radius 3 is 1.71 bits per heavy atom. The molecule has 0 aliphatic heterocycles. The molecule has 0 bridgehead atoms. The predicted octanol–water partition coefficient (Wildman–Crippen LogP) is 12.4. The minimum atomic E-state index is 0.919. The van der Waals surface area contributed by atoms with Crippen LogP contribution in [0.1, 0.15) is 0 Å². The van der Waals surface area contributed by atoms with Crippen LogP contribution in [0.25, 0.3) is 86.7 Å². The minimum Gasteiger partial charge on any atom is -0.310 e. The maximum atomic E-state index is 4.91. The first kappa shape index (κ1) is 32.0. The third-order valence-corrected chi connectivity index (χ3v) is 11.5. The lowest BCUT2D eigenvalue weighted by Crippen LogP contribution is -2.10. The van der Waals surface area contributed by atoms with Crippen LogP contribution in [-0.4, -0.2) is 29.9 Å². The van der Waals surface area contributed by atoms with Crippen LogP contribution in [0.3, 0.4) is 0 Å². The van der Waals surface area contributed by atoms with Crippen LogP contribution in [-0.2, 0) is 0 Å². The van der Waals surface area contributed by atoms with E-state index in [1.807, 2.05) is 24.5 Å². The number of rotatable bonds is 6. The summed E-state index contributed by atoms with van der Waals surface area (Å²) in [6.45, 7) is 0. The molecule has 0 atom stereocenters. The van der Waals surface area contributed by atoms with Crippen LogP contribution in [0.15, 0.2) is 177 Å². The number of nitrogens with zero attached hydrogens (tertiary/aromatic N) is 7. The standard InChI is InChI=1S/C48H29N7S/c1-2-4-45-40(3-1)47-48(56-45)46(51-29-52-47)34-6-5-33-26-39(18-11-32(33)25-34)55(37-14-7-30(8-15-37)41-19-12-35-27-49-23-21-43(35)53-41)38-16-9-31(10-17-38)42-20-13-36-28-50-24-22-44(36)54-42/h1-29H. The van der Waals surface area contributed by atoms with E-state index in [2.05, 4.69) is 153 Å². The first-order valence-electron chi connectivity index (χ1n) is 18.3. The smallest absolute Gasteiger partial charge is 0.116 e. The van der Waals surface area contributed by atoms with E-state index < -0.39 is 0 Å². The highest BCUT2D eigenvalue weighted by atomic mass is 32.1. The number of anilines is 3. The molecule has 11 aromatic rings. The summed E-state index contributed by atoms with van der Waals surface area (Å²) < 4.78 is 2.32. The molecule has 8 heteroatoms. The van der Waals surface area contributed by atoms with Gasteiger partial charge in [0.05, 0.1) is 38.3 Å². The maximum Gasteiger partial charge on any atom is 0.116 e. The topological polar surface area (TPSA) is 80.6 Å². The van der Waals surface area contributed by atoms with E-state index in [-0.39, 0.29) is 0 Å². The van der Waals surface area contributed by atoms with Gasteiger partial charge in [-0.05, 0) is 95.7 Å². The predicted molar refractivity (Wildman–Crippen MR) is 230 cm³/mol. The molecule has 0 saturated heterocycles. The average molecular weight is 736 g/mol. The van der Waals surface area contributed by atoms with Crippen LogP contribution in [0.5, 0.6) is 0 Å². The van der Waals surface area contributed by atoms with Crippen LogP contribution in [0.2, 0.25) is 0 Å². The second-order valence-electron chi connectivity index (χ2n) is 13.7. The molecule has 7 nitrogen and oxygen atoms in total. The molecule has 11 rings (SSSR count).